The number of nitrogens with one attached hydrogen (secondary N) is 1. The number of hydrogen-bond donors (Lipinski definition) is 1. The van der Waals surface area contributed by atoms with Gasteiger partial charge in [0.25, 0.3) is 0 Å². The summed E-state index contributed by atoms with van der Waals surface area (Å²) in [7, 11) is 0. The zero-order valence-electron chi connectivity index (χ0n) is 11.6. The van der Waals surface area contributed by atoms with Crippen LogP contribution in [0.3, 0.4) is 0 Å². The van der Waals surface area contributed by atoms with Gasteiger partial charge in [0.05, 0.1) is 6.10 Å². The third-order valence-electron chi connectivity index (χ3n) is 4.25. The van der Waals surface area contributed by atoms with E-state index in [9.17, 15) is 0 Å². The molecule has 2 nitrogen and oxygen atoms in total. The molecule has 2 heteroatoms. The average Bonchev–Trinajstić information content (AvgIpc) is 2.79. The molecule has 1 aliphatic carbocycles. The van der Waals surface area contributed by atoms with Crippen molar-refractivity contribution in [2.75, 3.05) is 13.2 Å². The minimum Gasteiger partial charge on any atom is -0.377 e. The lowest BCUT2D eigenvalue weighted by molar-refractivity contribution is 0.103. The zero-order chi connectivity index (χ0) is 12.1. The minimum absolute atomic E-state index is 0.500. The lowest BCUT2D eigenvalue weighted by atomic mass is 9.81. The van der Waals surface area contributed by atoms with Crippen molar-refractivity contribution in [1.82, 2.24) is 5.32 Å². The molecule has 0 amide bonds. The fourth-order valence-corrected chi connectivity index (χ4v) is 3.46. The van der Waals surface area contributed by atoms with Gasteiger partial charge >= 0.3 is 0 Å². The van der Waals surface area contributed by atoms with E-state index in [4.69, 9.17) is 4.74 Å². The monoisotopic (exact) mass is 239 g/mol. The van der Waals surface area contributed by atoms with E-state index in [1.54, 1.807) is 0 Å². The Kier molecular flexibility index (Phi) is 5.30. The molecule has 100 valence electrons. The molecule has 1 N–H and O–H groups in total. The van der Waals surface area contributed by atoms with Crippen LogP contribution in [0.4, 0.5) is 0 Å². The zero-order valence-corrected chi connectivity index (χ0v) is 11.6. The Morgan fingerprint density at radius 2 is 2.06 bits per heavy atom. The van der Waals surface area contributed by atoms with E-state index < -0.39 is 0 Å². The molecule has 2 rings (SSSR count). The van der Waals surface area contributed by atoms with E-state index in [-0.39, 0.29) is 0 Å². The first kappa shape index (κ1) is 13.4. The van der Waals surface area contributed by atoms with E-state index in [2.05, 4.69) is 19.2 Å². The molecule has 2 aliphatic rings. The Bertz CT molecular complexity index is 211. The summed E-state index contributed by atoms with van der Waals surface area (Å²) in [6.45, 7) is 6.76. The Morgan fingerprint density at radius 3 is 2.76 bits per heavy atom. The van der Waals surface area contributed by atoms with Crippen molar-refractivity contribution in [2.45, 2.75) is 70.9 Å². The quantitative estimate of drug-likeness (QED) is 0.794. The van der Waals surface area contributed by atoms with Crippen molar-refractivity contribution in [3.05, 3.63) is 0 Å². The van der Waals surface area contributed by atoms with Crippen LogP contribution in [0.5, 0.6) is 0 Å². The van der Waals surface area contributed by atoms with Gasteiger partial charge in [-0.05, 0) is 43.9 Å². The SMILES string of the molecule is CC(C)CC1CCCC(NCC2CCCO2)C1. The molecule has 1 heterocycles. The van der Waals surface area contributed by atoms with Crippen LogP contribution in [0.2, 0.25) is 0 Å². The van der Waals surface area contributed by atoms with Gasteiger partial charge < -0.3 is 10.1 Å². The summed E-state index contributed by atoms with van der Waals surface area (Å²) in [5, 5.41) is 3.74. The van der Waals surface area contributed by atoms with Gasteiger partial charge in [0.15, 0.2) is 0 Å². The van der Waals surface area contributed by atoms with Gasteiger partial charge in [-0.3, -0.25) is 0 Å². The van der Waals surface area contributed by atoms with E-state index >= 15 is 0 Å². The van der Waals surface area contributed by atoms with Crippen LogP contribution in [0.25, 0.3) is 0 Å². The van der Waals surface area contributed by atoms with E-state index in [0.717, 1.165) is 31.0 Å². The van der Waals surface area contributed by atoms with Gasteiger partial charge in [0.1, 0.15) is 0 Å². The third kappa shape index (κ3) is 4.59. The topological polar surface area (TPSA) is 21.3 Å². The molecule has 3 atom stereocenters. The molecule has 0 bridgehead atoms. The van der Waals surface area contributed by atoms with Crippen molar-refractivity contribution < 1.29 is 4.74 Å². The van der Waals surface area contributed by atoms with E-state index in [0.29, 0.717) is 6.10 Å². The smallest absolute Gasteiger partial charge is 0.0700 e. The summed E-state index contributed by atoms with van der Waals surface area (Å²) < 4.78 is 5.67. The van der Waals surface area contributed by atoms with Crippen LogP contribution >= 0.6 is 0 Å². The van der Waals surface area contributed by atoms with Gasteiger partial charge in [0, 0.05) is 19.2 Å². The van der Waals surface area contributed by atoms with Crippen LogP contribution in [-0.2, 0) is 4.74 Å². The van der Waals surface area contributed by atoms with Crippen LogP contribution in [-0.4, -0.2) is 25.3 Å². The van der Waals surface area contributed by atoms with Crippen LogP contribution < -0.4 is 5.32 Å². The molecule has 0 aromatic rings. The van der Waals surface area contributed by atoms with Crippen LogP contribution in [0.1, 0.15) is 58.8 Å². The largest absolute Gasteiger partial charge is 0.377 e. The predicted molar refractivity (Wildman–Crippen MR) is 72.2 cm³/mol. The first-order valence-electron chi connectivity index (χ1n) is 7.59. The highest BCUT2D eigenvalue weighted by molar-refractivity contribution is 4.80. The molecule has 0 radical (unpaired) electrons. The second-order valence-corrected chi connectivity index (χ2v) is 6.40. The second kappa shape index (κ2) is 6.75. The van der Waals surface area contributed by atoms with Gasteiger partial charge in [-0.1, -0.05) is 26.7 Å². The van der Waals surface area contributed by atoms with Crippen molar-refractivity contribution in [3.8, 4) is 0 Å². The van der Waals surface area contributed by atoms with Gasteiger partial charge in [-0.25, -0.2) is 0 Å². The van der Waals surface area contributed by atoms with E-state index in [1.165, 1.54) is 44.9 Å². The fraction of sp³-hybridized carbons (Fsp3) is 1.00. The second-order valence-electron chi connectivity index (χ2n) is 6.40. The average molecular weight is 239 g/mol. The highest BCUT2D eigenvalue weighted by atomic mass is 16.5. The van der Waals surface area contributed by atoms with E-state index in [1.807, 2.05) is 0 Å². The Hall–Kier alpha value is -0.0800. The summed E-state index contributed by atoms with van der Waals surface area (Å²) >= 11 is 0. The summed E-state index contributed by atoms with van der Waals surface area (Å²) in [6.07, 6.45) is 10.1. The number of ether oxygens (including phenoxy) is 1. The molecule has 0 spiro atoms. The molecular weight excluding hydrogens is 210 g/mol. The molecule has 1 saturated carbocycles. The highest BCUT2D eigenvalue weighted by Crippen LogP contribution is 2.29. The fourth-order valence-electron chi connectivity index (χ4n) is 3.46. The third-order valence-corrected chi connectivity index (χ3v) is 4.25. The predicted octanol–water partition coefficient (Wildman–Crippen LogP) is 3.36. The molecule has 0 aromatic heterocycles. The molecule has 0 aromatic carbocycles. The Balaban J connectivity index is 1.65. The van der Waals surface area contributed by atoms with Crippen LogP contribution in [0.15, 0.2) is 0 Å². The van der Waals surface area contributed by atoms with Crippen LogP contribution in [0, 0.1) is 11.8 Å². The number of rotatable bonds is 5. The number of hydrogen-bond acceptors (Lipinski definition) is 2. The molecule has 3 unspecified atom stereocenters. The molecule has 1 aliphatic heterocycles. The molecule has 17 heavy (non-hydrogen) atoms. The molecule has 2 fully saturated rings. The first-order chi connectivity index (χ1) is 8.24. The first-order valence-corrected chi connectivity index (χ1v) is 7.59. The van der Waals surface area contributed by atoms with Gasteiger partial charge in [0.2, 0.25) is 0 Å². The lowest BCUT2D eigenvalue weighted by Crippen LogP contribution is -2.38. The normalized spacial score (nSPS) is 34.4. The summed E-state index contributed by atoms with van der Waals surface area (Å²) in [4.78, 5) is 0. The Morgan fingerprint density at radius 1 is 1.18 bits per heavy atom. The van der Waals surface area contributed by atoms with Gasteiger partial charge in [-0.15, -0.1) is 0 Å². The van der Waals surface area contributed by atoms with Gasteiger partial charge in [-0.2, -0.15) is 0 Å². The summed E-state index contributed by atoms with van der Waals surface area (Å²) in [5.74, 6) is 1.82. The highest BCUT2D eigenvalue weighted by Gasteiger charge is 2.23. The molecule has 1 saturated heterocycles. The summed E-state index contributed by atoms with van der Waals surface area (Å²) in [6, 6.07) is 0.761. The maximum absolute atomic E-state index is 5.67. The molecular formula is C15H29NO. The maximum Gasteiger partial charge on any atom is 0.0700 e. The van der Waals surface area contributed by atoms with Crippen molar-refractivity contribution in [1.29, 1.82) is 0 Å². The minimum atomic E-state index is 0.500. The van der Waals surface area contributed by atoms with Crippen molar-refractivity contribution in [2.24, 2.45) is 11.8 Å². The Labute approximate surface area is 107 Å². The van der Waals surface area contributed by atoms with Crippen molar-refractivity contribution >= 4 is 0 Å². The standard InChI is InChI=1S/C15H29NO/c1-12(2)9-13-5-3-6-14(10-13)16-11-15-7-4-8-17-15/h12-16H,3-11H2,1-2H3. The van der Waals surface area contributed by atoms with Crippen molar-refractivity contribution in [3.63, 3.8) is 0 Å². The summed E-state index contributed by atoms with van der Waals surface area (Å²) in [5.41, 5.74) is 0. The lowest BCUT2D eigenvalue weighted by Gasteiger charge is -2.31. The maximum atomic E-state index is 5.67.